The maximum Gasteiger partial charge on any atom is 0.417 e. The van der Waals surface area contributed by atoms with E-state index in [1.54, 1.807) is 0 Å². The molecule has 0 radical (unpaired) electrons. The molecule has 0 atom stereocenters. The zero-order valence-electron chi connectivity index (χ0n) is 34.7. The Bertz CT molecular complexity index is 2430. The Hall–Kier alpha value is -4.78. The predicted octanol–water partition coefficient (Wildman–Crippen LogP) is 17.8. The van der Waals surface area contributed by atoms with E-state index in [-0.39, 0.29) is 0 Å². The van der Waals surface area contributed by atoms with E-state index in [2.05, 4.69) is 0 Å². The van der Waals surface area contributed by atoms with Gasteiger partial charge in [0.25, 0.3) is 0 Å². The maximum atomic E-state index is 15.2. The zero-order chi connectivity index (χ0) is 59.6. The molecule has 0 saturated carbocycles. The van der Waals surface area contributed by atoms with Gasteiger partial charge in [0, 0.05) is 5.40 Å². The minimum Gasteiger partial charge on any atom is -0.166 e. The summed E-state index contributed by atoms with van der Waals surface area (Å²) in [5, 5.41) is -17.5. The summed E-state index contributed by atoms with van der Waals surface area (Å²) < 4.78 is 527. The van der Waals surface area contributed by atoms with Gasteiger partial charge in [-0.25, -0.2) is 0 Å². The van der Waals surface area contributed by atoms with Crippen molar-refractivity contribution in [2.45, 2.75) is 86.4 Å². The summed E-state index contributed by atoms with van der Waals surface area (Å²) in [6.45, 7) is -0.719. The Labute approximate surface area is 397 Å². The van der Waals surface area contributed by atoms with E-state index in [1.165, 1.54) is 0 Å². The van der Waals surface area contributed by atoms with Crippen LogP contribution in [0.15, 0.2) is 48.5 Å². The van der Waals surface area contributed by atoms with Gasteiger partial charge in [0.05, 0.1) is 66.8 Å². The van der Waals surface area contributed by atoms with Gasteiger partial charge in [-0.15, -0.1) is 0 Å². The summed E-state index contributed by atoms with van der Waals surface area (Å²) in [6, 6.07) is -10.2. The molecule has 0 nitrogen and oxygen atoms in total. The zero-order valence-corrected chi connectivity index (χ0v) is 36.5. The summed E-state index contributed by atoms with van der Waals surface area (Å²) in [5.74, 6) is 0. The minimum absolute atomic E-state index is 0.719. The van der Waals surface area contributed by atoms with E-state index >= 15 is 52.7 Å². The molecule has 0 fully saturated rings. The van der Waals surface area contributed by atoms with Crippen LogP contribution in [0.2, 0.25) is 0 Å². The second kappa shape index (κ2) is 19.2. The molecule has 4 aromatic carbocycles. The second-order valence-electron chi connectivity index (χ2n) is 14.9. The highest BCUT2D eigenvalue weighted by molar-refractivity contribution is 7.89. The van der Waals surface area contributed by atoms with Crippen LogP contribution in [0.4, 0.5) is 158 Å². The molecule has 38 heteroatoms. The van der Waals surface area contributed by atoms with Crippen LogP contribution in [0.5, 0.6) is 0 Å². The molecule has 0 aliphatic carbocycles. The molecule has 0 aromatic heterocycles. The second-order valence-corrected chi connectivity index (χ2v) is 20.2. The smallest absolute Gasteiger partial charge is 0.166 e. The Morgan fingerprint density at radius 1 is 0.211 bits per heavy atom. The highest BCUT2D eigenvalue weighted by atomic mass is 31.2. The minimum atomic E-state index is -7.45. The van der Waals surface area contributed by atoms with Crippen molar-refractivity contribution in [2.75, 3.05) is 0 Å². The summed E-state index contributed by atoms with van der Waals surface area (Å²) in [6.07, 6.45) is -86.6. The van der Waals surface area contributed by atoms with Crippen LogP contribution in [-0.4, -0.2) is 5.40 Å². The summed E-state index contributed by atoms with van der Waals surface area (Å²) in [4.78, 5) is 0. The van der Waals surface area contributed by atoms with Crippen LogP contribution in [0.1, 0.15) is 73.7 Å². The van der Waals surface area contributed by atoms with Crippen molar-refractivity contribution in [2.24, 2.45) is 0 Å². The first kappa shape index (κ1) is 63.8. The van der Waals surface area contributed by atoms with Gasteiger partial charge >= 0.3 is 74.1 Å². The molecule has 0 spiro atoms. The normalized spacial score (nSPS) is 14.7. The highest BCUT2D eigenvalue weighted by Crippen LogP contribution is 2.64. The summed E-state index contributed by atoms with van der Waals surface area (Å²) in [7, 11) is -12.0. The van der Waals surface area contributed by atoms with Gasteiger partial charge in [-0.1, -0.05) is 31.2 Å². The summed E-state index contributed by atoms with van der Waals surface area (Å²) >= 11 is 0. The van der Waals surface area contributed by atoms with Crippen LogP contribution < -0.4 is 21.2 Å². The van der Waals surface area contributed by atoms with Crippen molar-refractivity contribution in [1.82, 2.24) is 0 Å². The molecule has 76 heavy (non-hydrogen) atoms. The van der Waals surface area contributed by atoms with Crippen molar-refractivity contribution in [3.63, 3.8) is 0 Å². The molecule has 4 rings (SSSR count). The van der Waals surface area contributed by atoms with E-state index < -0.39 is 239 Å². The fraction of sp³-hybridized carbons (Fsp3) is 0.368. The van der Waals surface area contributed by atoms with Crippen LogP contribution >= 0.6 is 15.8 Å². The van der Waals surface area contributed by atoms with Crippen molar-refractivity contribution >= 4 is 37.1 Å². The Morgan fingerprint density at radius 3 is 0.447 bits per heavy atom. The van der Waals surface area contributed by atoms with E-state index in [4.69, 9.17) is 0 Å². The standard InChI is InChI=1S/C38H12F36P2/c1-10(75(15-6-2-11(27(39,40)41)19(31(51,52)53)23(15)35(63,64)65)16-7-3-12(28(42,43)44)20(32(54,55)56)24(16)36(66,67)68)76(17-8-4-13(29(45,46)47)21(33(57,58)59)25(17)37(69,70)71)18-9-5-14(30(48,49)50)22(34(60,61)62)26(18)38(72,73)74/h2-10H,1H3. The molecule has 0 N–H and O–H groups in total. The average molecular weight is 1210 g/mol. The van der Waals surface area contributed by atoms with Gasteiger partial charge < -0.3 is 0 Å². The van der Waals surface area contributed by atoms with Gasteiger partial charge in [0.15, 0.2) is 0 Å². The van der Waals surface area contributed by atoms with Gasteiger partial charge in [0.1, 0.15) is 0 Å². The quantitative estimate of drug-likeness (QED) is 0.133. The Balaban J connectivity index is 2.73. The number of rotatable bonds is 6. The van der Waals surface area contributed by atoms with Crippen LogP contribution in [0.25, 0.3) is 0 Å². The number of hydrogen-bond acceptors (Lipinski definition) is 0. The third-order valence-corrected chi connectivity index (χ3v) is 16.5. The van der Waals surface area contributed by atoms with Crippen molar-refractivity contribution in [3.05, 3.63) is 115 Å². The lowest BCUT2D eigenvalue weighted by molar-refractivity contribution is -0.174. The van der Waals surface area contributed by atoms with E-state index in [0.717, 1.165) is 0 Å². The highest BCUT2D eigenvalue weighted by Gasteiger charge is 2.60. The topological polar surface area (TPSA) is 0 Å². The van der Waals surface area contributed by atoms with Crippen molar-refractivity contribution in [3.8, 4) is 0 Å². The largest absolute Gasteiger partial charge is 0.417 e. The van der Waals surface area contributed by atoms with Crippen LogP contribution in [-0.2, 0) is 74.1 Å². The van der Waals surface area contributed by atoms with Gasteiger partial charge in [0.2, 0.25) is 0 Å². The molecule has 0 unspecified atom stereocenters. The molecule has 426 valence electrons. The molecule has 4 aromatic rings. The van der Waals surface area contributed by atoms with E-state index in [0.29, 0.717) is 0 Å². The molecule has 0 saturated heterocycles. The van der Waals surface area contributed by atoms with Gasteiger partial charge in [-0.05, 0) is 61.3 Å². The first-order chi connectivity index (χ1) is 33.3. The Morgan fingerprint density at radius 2 is 0.342 bits per heavy atom. The third kappa shape index (κ3) is 12.7. The predicted molar refractivity (Wildman–Crippen MR) is 188 cm³/mol. The van der Waals surface area contributed by atoms with E-state index in [1.807, 2.05) is 0 Å². The van der Waals surface area contributed by atoms with Crippen molar-refractivity contribution in [1.29, 1.82) is 0 Å². The third-order valence-electron chi connectivity index (χ3n) is 10.0. The SMILES string of the molecule is CC(P(c1ccc(C(F)(F)F)c(C(F)(F)F)c1C(F)(F)F)c1ccc(C(F)(F)F)c(C(F)(F)F)c1C(F)(F)F)P(c1ccc(C(F)(F)F)c(C(F)(F)F)c1C(F)(F)F)c1ccc(C(F)(F)F)c(C(F)(F)F)c1C(F)(F)F. The lowest BCUT2D eigenvalue weighted by Crippen LogP contribution is -2.39. The molecule has 0 aliphatic heterocycles. The first-order valence-electron chi connectivity index (χ1n) is 18.4. The molecule has 0 heterocycles. The van der Waals surface area contributed by atoms with Crippen molar-refractivity contribution < 1.29 is 158 Å². The van der Waals surface area contributed by atoms with Gasteiger partial charge in [-0.2, -0.15) is 158 Å². The summed E-state index contributed by atoms with van der Waals surface area (Å²) in [5.41, 5.74) is -48.8. The lowest BCUT2D eigenvalue weighted by atomic mass is 9.99. The monoisotopic (exact) mass is 1210 g/mol. The molecular formula is C38H12F36P2. The fourth-order valence-electron chi connectivity index (χ4n) is 7.62. The fourth-order valence-corrected chi connectivity index (χ4v) is 15.0. The number of benzene rings is 4. The number of alkyl halides is 36. The van der Waals surface area contributed by atoms with Crippen LogP contribution in [0, 0.1) is 0 Å². The van der Waals surface area contributed by atoms with Crippen LogP contribution in [0.3, 0.4) is 0 Å². The Kier molecular flexibility index (Phi) is 16.1. The maximum absolute atomic E-state index is 15.2. The average Bonchev–Trinajstić information content (AvgIpc) is 3.15. The van der Waals surface area contributed by atoms with E-state index in [9.17, 15) is 105 Å². The molecular weight excluding hydrogens is 1200 g/mol. The number of halogens is 36. The molecule has 0 bridgehead atoms. The van der Waals surface area contributed by atoms with Gasteiger partial charge in [-0.3, -0.25) is 0 Å². The molecule has 0 aliphatic rings. The molecule has 0 amide bonds. The number of hydrogen-bond donors (Lipinski definition) is 0. The lowest BCUT2D eigenvalue weighted by Gasteiger charge is -2.39. The first-order valence-corrected chi connectivity index (χ1v) is 21.3.